The lowest BCUT2D eigenvalue weighted by Crippen LogP contribution is -2.21. The lowest BCUT2D eigenvalue weighted by Gasteiger charge is -2.12. The van der Waals surface area contributed by atoms with Gasteiger partial charge in [0.15, 0.2) is 0 Å². The van der Waals surface area contributed by atoms with Crippen LogP contribution in [0.15, 0.2) is 69.7 Å². The van der Waals surface area contributed by atoms with E-state index in [9.17, 15) is 14.4 Å². The Balaban J connectivity index is 1.55. The Bertz CT molecular complexity index is 1350. The van der Waals surface area contributed by atoms with Crippen LogP contribution in [0.4, 0.5) is 5.69 Å². The number of nitrogens with zero attached hydrogens (tertiary/aromatic N) is 2. The van der Waals surface area contributed by atoms with Crippen molar-refractivity contribution in [1.29, 1.82) is 0 Å². The number of carboxylic acids is 1. The van der Waals surface area contributed by atoms with Gasteiger partial charge >= 0.3 is 11.9 Å². The van der Waals surface area contributed by atoms with E-state index in [-0.39, 0.29) is 10.6 Å². The highest BCUT2D eigenvalue weighted by molar-refractivity contribution is 6.35. The van der Waals surface area contributed by atoms with Gasteiger partial charge in [-0.1, -0.05) is 23.7 Å². The normalized spacial score (nSPS) is 14.4. The number of halogens is 1. The van der Waals surface area contributed by atoms with Gasteiger partial charge in [-0.2, -0.15) is 10.1 Å². The molecule has 0 unspecified atom stereocenters. The zero-order chi connectivity index (χ0) is 24.4. The molecule has 0 saturated heterocycles. The number of carboxylic acid groups (broad SMARTS) is 1. The number of rotatable bonds is 6. The smallest absolute Gasteiger partial charge is 0.338 e. The summed E-state index contributed by atoms with van der Waals surface area (Å²) in [6, 6.07) is 14.5. The Labute approximate surface area is 199 Å². The van der Waals surface area contributed by atoms with E-state index in [1.165, 1.54) is 18.2 Å². The number of aromatic carboxylic acids is 1. The first-order valence-corrected chi connectivity index (χ1v) is 10.7. The van der Waals surface area contributed by atoms with Gasteiger partial charge in [0.25, 0.3) is 5.91 Å². The van der Waals surface area contributed by atoms with Crippen molar-refractivity contribution < 1.29 is 28.6 Å². The topological polar surface area (TPSA) is 109 Å². The van der Waals surface area contributed by atoms with Gasteiger partial charge in [-0.15, -0.1) is 0 Å². The number of carbonyl (C=O) groups excluding carboxylic acids is 2. The molecule has 1 aromatic heterocycles. The maximum Gasteiger partial charge on any atom is 0.338 e. The van der Waals surface area contributed by atoms with Gasteiger partial charge in [-0.25, -0.2) is 9.59 Å². The molecule has 0 bridgehead atoms. The van der Waals surface area contributed by atoms with Crippen LogP contribution in [0.5, 0.6) is 0 Å². The summed E-state index contributed by atoms with van der Waals surface area (Å²) in [5.41, 5.74) is 2.30. The third-order valence-electron chi connectivity index (χ3n) is 5.08. The Kier molecular flexibility index (Phi) is 6.34. The van der Waals surface area contributed by atoms with E-state index < -0.39 is 17.8 Å². The number of esters is 1. The van der Waals surface area contributed by atoms with E-state index in [0.717, 1.165) is 10.6 Å². The molecular formula is C25H19ClN2O6. The predicted molar refractivity (Wildman–Crippen MR) is 127 cm³/mol. The average Bonchev–Trinajstić information content (AvgIpc) is 3.39. The van der Waals surface area contributed by atoms with Crippen LogP contribution in [0.1, 0.15) is 40.3 Å². The second-order valence-corrected chi connectivity index (χ2v) is 7.74. The fraction of sp³-hybridized carbons (Fsp3) is 0.120. The molecule has 3 aromatic rings. The van der Waals surface area contributed by atoms with Crippen molar-refractivity contribution in [3.8, 4) is 11.3 Å². The number of carbonyl (C=O) groups is 3. The second-order valence-electron chi connectivity index (χ2n) is 7.33. The summed E-state index contributed by atoms with van der Waals surface area (Å²) in [4.78, 5) is 36.0. The van der Waals surface area contributed by atoms with Gasteiger partial charge in [0, 0.05) is 5.56 Å². The van der Waals surface area contributed by atoms with Gasteiger partial charge < -0.3 is 14.3 Å². The molecule has 172 valence electrons. The maximum absolute atomic E-state index is 13.0. The monoisotopic (exact) mass is 478 g/mol. The number of hydrazone groups is 1. The first-order chi connectivity index (χ1) is 16.3. The molecule has 0 radical (unpaired) electrons. The molecule has 2 heterocycles. The van der Waals surface area contributed by atoms with Gasteiger partial charge in [0.05, 0.1) is 39.7 Å². The van der Waals surface area contributed by atoms with Crippen molar-refractivity contribution in [2.24, 2.45) is 5.10 Å². The number of ether oxygens (including phenoxy) is 1. The van der Waals surface area contributed by atoms with Crippen LogP contribution in [-0.2, 0) is 9.53 Å². The van der Waals surface area contributed by atoms with Gasteiger partial charge in [0.2, 0.25) is 0 Å². The molecule has 34 heavy (non-hydrogen) atoms. The van der Waals surface area contributed by atoms with E-state index in [1.54, 1.807) is 56.3 Å². The maximum atomic E-state index is 13.0. The molecule has 1 N–H and O–H groups in total. The van der Waals surface area contributed by atoms with Crippen molar-refractivity contribution in [3.05, 3.63) is 82.1 Å². The third-order valence-corrected chi connectivity index (χ3v) is 5.40. The van der Waals surface area contributed by atoms with Crippen LogP contribution >= 0.6 is 11.6 Å². The molecule has 0 spiro atoms. The fourth-order valence-corrected chi connectivity index (χ4v) is 3.64. The number of anilines is 1. The van der Waals surface area contributed by atoms with E-state index in [4.69, 9.17) is 25.9 Å². The van der Waals surface area contributed by atoms with E-state index in [0.29, 0.717) is 40.7 Å². The Morgan fingerprint density at radius 1 is 1.15 bits per heavy atom. The fourth-order valence-electron chi connectivity index (χ4n) is 3.38. The summed E-state index contributed by atoms with van der Waals surface area (Å²) in [7, 11) is 0. The highest BCUT2D eigenvalue weighted by Gasteiger charge is 2.29. The lowest BCUT2D eigenvalue weighted by atomic mass is 10.1. The van der Waals surface area contributed by atoms with Crippen molar-refractivity contribution in [1.82, 2.24) is 0 Å². The Morgan fingerprint density at radius 3 is 2.53 bits per heavy atom. The molecule has 4 rings (SSSR count). The lowest BCUT2D eigenvalue weighted by molar-refractivity contribution is -0.114. The highest BCUT2D eigenvalue weighted by atomic mass is 35.5. The van der Waals surface area contributed by atoms with Crippen LogP contribution in [0.3, 0.4) is 0 Å². The first-order valence-electron chi connectivity index (χ1n) is 10.3. The van der Waals surface area contributed by atoms with Crippen molar-refractivity contribution in [3.63, 3.8) is 0 Å². The zero-order valence-corrected chi connectivity index (χ0v) is 19.0. The first kappa shape index (κ1) is 23.0. The summed E-state index contributed by atoms with van der Waals surface area (Å²) < 4.78 is 10.9. The van der Waals surface area contributed by atoms with Crippen molar-refractivity contribution >= 4 is 46.9 Å². The quantitative estimate of drug-likeness (QED) is 0.381. The summed E-state index contributed by atoms with van der Waals surface area (Å²) >= 11 is 6.03. The zero-order valence-electron chi connectivity index (χ0n) is 18.2. The van der Waals surface area contributed by atoms with Crippen LogP contribution in [-0.4, -0.2) is 35.3 Å². The van der Waals surface area contributed by atoms with E-state index in [2.05, 4.69) is 5.10 Å². The minimum absolute atomic E-state index is 0.00716. The molecular weight excluding hydrogens is 460 g/mol. The molecule has 0 atom stereocenters. The Hall–Kier alpha value is -4.17. The molecule has 1 aliphatic rings. The molecule has 0 aliphatic carbocycles. The van der Waals surface area contributed by atoms with Crippen LogP contribution in [0.25, 0.3) is 17.4 Å². The van der Waals surface area contributed by atoms with Gasteiger partial charge in [-0.3, -0.25) is 4.79 Å². The number of hydrogen-bond donors (Lipinski definition) is 1. The standard InChI is InChI=1S/C25H19ClN2O6/c1-3-33-25(32)16-6-4-15(5-7-16)22-11-9-18(34-22)13-20-14(2)27-28(23(20)29)17-8-10-19(24(30)31)21(26)12-17/h4-13H,3H2,1-2H3,(H,30,31)/b20-13-. The summed E-state index contributed by atoms with van der Waals surface area (Å²) in [6.45, 7) is 3.74. The van der Waals surface area contributed by atoms with Crippen LogP contribution in [0, 0.1) is 0 Å². The number of furan rings is 1. The number of benzene rings is 2. The number of hydrogen-bond acceptors (Lipinski definition) is 6. The molecule has 1 amide bonds. The van der Waals surface area contributed by atoms with E-state index in [1.807, 2.05) is 0 Å². The van der Waals surface area contributed by atoms with Gasteiger partial charge in [0.1, 0.15) is 11.5 Å². The summed E-state index contributed by atoms with van der Waals surface area (Å²) in [5.74, 6) is -0.933. The van der Waals surface area contributed by atoms with Gasteiger partial charge in [-0.05, 0) is 62.4 Å². The highest BCUT2D eigenvalue weighted by Crippen LogP contribution is 2.30. The molecule has 0 fully saturated rings. The van der Waals surface area contributed by atoms with Crippen molar-refractivity contribution in [2.75, 3.05) is 11.6 Å². The molecule has 0 saturated carbocycles. The van der Waals surface area contributed by atoms with Crippen molar-refractivity contribution in [2.45, 2.75) is 13.8 Å². The minimum Gasteiger partial charge on any atom is -0.478 e. The number of amides is 1. The molecule has 8 nitrogen and oxygen atoms in total. The summed E-state index contributed by atoms with van der Waals surface area (Å²) in [5, 5.41) is 14.6. The minimum atomic E-state index is -1.16. The Morgan fingerprint density at radius 2 is 1.88 bits per heavy atom. The van der Waals surface area contributed by atoms with Crippen LogP contribution in [0.2, 0.25) is 5.02 Å². The molecule has 1 aliphatic heterocycles. The third kappa shape index (κ3) is 4.49. The second kappa shape index (κ2) is 9.36. The summed E-state index contributed by atoms with van der Waals surface area (Å²) in [6.07, 6.45) is 1.59. The largest absolute Gasteiger partial charge is 0.478 e. The molecule has 2 aromatic carbocycles. The molecule has 9 heteroatoms. The SMILES string of the molecule is CCOC(=O)c1ccc(-c2ccc(/C=C3\C(=O)N(c4ccc(C(=O)O)c(Cl)c4)N=C3C)o2)cc1. The van der Waals surface area contributed by atoms with Crippen LogP contribution < -0.4 is 5.01 Å². The average molecular weight is 479 g/mol. The predicted octanol–water partition coefficient (Wildman–Crippen LogP) is 5.28. The van der Waals surface area contributed by atoms with E-state index >= 15 is 0 Å².